The minimum atomic E-state index is -0.0639. The third kappa shape index (κ3) is 4.28. The normalized spacial score (nSPS) is 10.7. The maximum absolute atomic E-state index is 12.3. The summed E-state index contributed by atoms with van der Waals surface area (Å²) in [4.78, 5) is 12.3. The van der Waals surface area contributed by atoms with Crippen molar-refractivity contribution in [2.75, 3.05) is 0 Å². The Labute approximate surface area is 161 Å². The Morgan fingerprint density at radius 1 is 1.08 bits per heavy atom. The molecule has 0 radical (unpaired) electrons. The molecule has 0 unspecified atom stereocenters. The van der Waals surface area contributed by atoms with Gasteiger partial charge in [0.05, 0.1) is 12.2 Å². The summed E-state index contributed by atoms with van der Waals surface area (Å²) in [6.45, 7) is 5.26. The molecule has 1 heterocycles. The van der Waals surface area contributed by atoms with Crippen molar-refractivity contribution in [3.05, 3.63) is 86.2 Å². The number of amides is 1. The highest BCUT2D eigenvalue weighted by Crippen LogP contribution is 2.15. The van der Waals surface area contributed by atoms with Crippen LogP contribution in [0.15, 0.2) is 54.6 Å². The second kappa shape index (κ2) is 7.82. The summed E-state index contributed by atoms with van der Waals surface area (Å²) in [5, 5.41) is 7.63. The molecule has 0 saturated heterocycles. The molecule has 128 valence electrons. The van der Waals surface area contributed by atoms with Crippen LogP contribution in [0.5, 0.6) is 0 Å². The number of nitrogens with zero attached hydrogens (tertiary/aromatic N) is 2. The topological polar surface area (TPSA) is 46.9 Å². The van der Waals surface area contributed by atoms with Crippen molar-refractivity contribution >= 4 is 28.5 Å². The number of nitrogens with one attached hydrogen (secondary N) is 1. The van der Waals surface area contributed by atoms with Gasteiger partial charge in [-0.25, -0.2) is 0 Å². The molecular formula is C20H20IN3O. The number of aromatic nitrogens is 2. The maximum atomic E-state index is 12.3. The molecule has 0 fully saturated rings. The molecule has 3 aromatic rings. The van der Waals surface area contributed by atoms with Crippen LogP contribution in [0.25, 0.3) is 0 Å². The molecule has 5 heteroatoms. The largest absolute Gasteiger partial charge is 0.348 e. The van der Waals surface area contributed by atoms with E-state index in [1.54, 1.807) is 0 Å². The van der Waals surface area contributed by atoms with E-state index in [0.717, 1.165) is 27.1 Å². The molecule has 2 aromatic carbocycles. The van der Waals surface area contributed by atoms with Gasteiger partial charge in [-0.15, -0.1) is 0 Å². The lowest BCUT2D eigenvalue weighted by Gasteiger charge is -2.08. The zero-order valence-corrected chi connectivity index (χ0v) is 16.4. The Bertz CT molecular complexity index is 870. The highest BCUT2D eigenvalue weighted by atomic mass is 127. The maximum Gasteiger partial charge on any atom is 0.251 e. The molecule has 0 saturated carbocycles. The second-order valence-corrected chi connectivity index (χ2v) is 7.23. The van der Waals surface area contributed by atoms with Crippen LogP contribution < -0.4 is 5.32 Å². The van der Waals surface area contributed by atoms with Gasteiger partial charge in [-0.05, 0) is 66.3 Å². The summed E-state index contributed by atoms with van der Waals surface area (Å²) in [6.07, 6.45) is 0. The molecule has 0 aliphatic carbocycles. The van der Waals surface area contributed by atoms with Gasteiger partial charge in [0, 0.05) is 26.9 Å². The fraction of sp³-hybridized carbons (Fsp3) is 0.200. The van der Waals surface area contributed by atoms with E-state index in [9.17, 15) is 4.79 Å². The van der Waals surface area contributed by atoms with Gasteiger partial charge < -0.3 is 5.32 Å². The van der Waals surface area contributed by atoms with Crippen LogP contribution in [0.1, 0.15) is 32.9 Å². The summed E-state index contributed by atoms with van der Waals surface area (Å²) in [7, 11) is 0. The lowest BCUT2D eigenvalue weighted by molar-refractivity contribution is 0.0951. The molecule has 0 aliphatic rings. The third-order valence-electron chi connectivity index (χ3n) is 4.24. The van der Waals surface area contributed by atoms with Gasteiger partial charge in [0.15, 0.2) is 0 Å². The van der Waals surface area contributed by atoms with Crippen molar-refractivity contribution in [1.82, 2.24) is 15.1 Å². The third-order valence-corrected chi connectivity index (χ3v) is 4.96. The summed E-state index contributed by atoms with van der Waals surface area (Å²) in [5.74, 6) is -0.0639. The minimum Gasteiger partial charge on any atom is -0.348 e. The van der Waals surface area contributed by atoms with E-state index in [-0.39, 0.29) is 5.91 Å². The molecule has 4 nitrogen and oxygen atoms in total. The summed E-state index contributed by atoms with van der Waals surface area (Å²) >= 11 is 2.23. The van der Waals surface area contributed by atoms with E-state index >= 15 is 0 Å². The molecule has 1 amide bonds. The second-order valence-electron chi connectivity index (χ2n) is 5.98. The van der Waals surface area contributed by atoms with E-state index < -0.39 is 0 Å². The number of benzene rings is 2. The quantitative estimate of drug-likeness (QED) is 0.602. The SMILES string of the molecule is Cc1nn(Cc2ccccc2)c(C)c1CNC(=O)c1ccc(I)cc1. The van der Waals surface area contributed by atoms with E-state index in [1.165, 1.54) is 5.56 Å². The lowest BCUT2D eigenvalue weighted by Crippen LogP contribution is -2.23. The zero-order valence-electron chi connectivity index (χ0n) is 14.3. The minimum absolute atomic E-state index is 0.0639. The van der Waals surface area contributed by atoms with Crippen molar-refractivity contribution < 1.29 is 4.79 Å². The monoisotopic (exact) mass is 445 g/mol. The molecule has 1 aromatic heterocycles. The number of hydrogen-bond acceptors (Lipinski definition) is 2. The summed E-state index contributed by atoms with van der Waals surface area (Å²) in [5.41, 5.74) is 5.00. The standard InChI is InChI=1S/C20H20IN3O/c1-14-19(12-22-20(25)17-8-10-18(21)11-9-17)15(2)24(23-14)13-16-6-4-3-5-7-16/h3-11H,12-13H2,1-2H3,(H,22,25). The van der Waals surface area contributed by atoms with Crippen LogP contribution in [0, 0.1) is 17.4 Å². The molecule has 0 aliphatic heterocycles. The number of aryl methyl sites for hydroxylation is 1. The van der Waals surface area contributed by atoms with Crippen molar-refractivity contribution in [3.63, 3.8) is 0 Å². The smallest absolute Gasteiger partial charge is 0.251 e. The van der Waals surface area contributed by atoms with Crippen LogP contribution in [-0.4, -0.2) is 15.7 Å². The average Bonchev–Trinajstić information content (AvgIpc) is 2.88. The predicted octanol–water partition coefficient (Wildman–Crippen LogP) is 4.08. The molecule has 0 bridgehead atoms. The Hall–Kier alpha value is -2.15. The van der Waals surface area contributed by atoms with E-state index in [0.29, 0.717) is 12.1 Å². The summed E-state index contributed by atoms with van der Waals surface area (Å²) in [6, 6.07) is 17.8. The Morgan fingerprint density at radius 3 is 2.44 bits per heavy atom. The summed E-state index contributed by atoms with van der Waals surface area (Å²) < 4.78 is 3.11. The van der Waals surface area contributed by atoms with Gasteiger partial charge in [0.1, 0.15) is 0 Å². The van der Waals surface area contributed by atoms with Crippen LogP contribution in [0.3, 0.4) is 0 Å². The number of carbonyl (C=O) groups excluding carboxylic acids is 1. The highest BCUT2D eigenvalue weighted by Gasteiger charge is 2.13. The van der Waals surface area contributed by atoms with Gasteiger partial charge in [-0.3, -0.25) is 9.48 Å². The molecule has 25 heavy (non-hydrogen) atoms. The van der Waals surface area contributed by atoms with Gasteiger partial charge in [0.25, 0.3) is 5.91 Å². The highest BCUT2D eigenvalue weighted by molar-refractivity contribution is 14.1. The lowest BCUT2D eigenvalue weighted by atomic mass is 10.1. The van der Waals surface area contributed by atoms with Crippen LogP contribution in [0.4, 0.5) is 0 Å². The van der Waals surface area contributed by atoms with E-state index in [1.807, 2.05) is 54.1 Å². The first-order valence-corrected chi connectivity index (χ1v) is 9.23. The number of rotatable bonds is 5. The predicted molar refractivity (Wildman–Crippen MR) is 108 cm³/mol. The van der Waals surface area contributed by atoms with Crippen molar-refractivity contribution in [2.24, 2.45) is 0 Å². The van der Waals surface area contributed by atoms with Crippen LogP contribution in [0.2, 0.25) is 0 Å². The Morgan fingerprint density at radius 2 is 1.76 bits per heavy atom. The van der Waals surface area contributed by atoms with Crippen molar-refractivity contribution in [2.45, 2.75) is 26.9 Å². The number of hydrogen-bond donors (Lipinski definition) is 1. The Kier molecular flexibility index (Phi) is 5.53. The van der Waals surface area contributed by atoms with Gasteiger partial charge >= 0.3 is 0 Å². The van der Waals surface area contributed by atoms with E-state index in [4.69, 9.17) is 0 Å². The molecular weight excluding hydrogens is 425 g/mol. The average molecular weight is 445 g/mol. The molecule has 0 spiro atoms. The van der Waals surface area contributed by atoms with Crippen LogP contribution in [-0.2, 0) is 13.1 Å². The molecule has 0 atom stereocenters. The zero-order chi connectivity index (χ0) is 17.8. The first-order valence-electron chi connectivity index (χ1n) is 8.15. The van der Waals surface area contributed by atoms with E-state index in [2.05, 4.69) is 52.1 Å². The van der Waals surface area contributed by atoms with Crippen molar-refractivity contribution in [1.29, 1.82) is 0 Å². The fourth-order valence-corrected chi connectivity index (χ4v) is 3.13. The first kappa shape index (κ1) is 17.7. The molecule has 1 N–H and O–H groups in total. The Balaban J connectivity index is 1.70. The van der Waals surface area contributed by atoms with Crippen molar-refractivity contribution in [3.8, 4) is 0 Å². The van der Waals surface area contributed by atoms with Crippen LogP contribution >= 0.6 is 22.6 Å². The molecule has 3 rings (SSSR count). The first-order chi connectivity index (χ1) is 12.0. The fourth-order valence-electron chi connectivity index (χ4n) is 2.77. The van der Waals surface area contributed by atoms with Gasteiger partial charge in [0.2, 0.25) is 0 Å². The number of halogens is 1. The number of carbonyl (C=O) groups is 1. The van der Waals surface area contributed by atoms with Gasteiger partial charge in [-0.2, -0.15) is 5.10 Å². The van der Waals surface area contributed by atoms with Gasteiger partial charge in [-0.1, -0.05) is 30.3 Å².